The minimum Gasteiger partial charge on any atom is -0.310 e. The normalized spacial score (nSPS) is 23.9. The molecule has 4 rings (SSSR count). The molecule has 3 nitrogen and oxygen atoms in total. The Balaban J connectivity index is 1.60. The van der Waals surface area contributed by atoms with E-state index in [1.165, 1.54) is 49.8 Å². The van der Waals surface area contributed by atoms with Crippen LogP contribution in [0.3, 0.4) is 0 Å². The lowest BCUT2D eigenvalue weighted by molar-refractivity contribution is -0.119. The molecule has 1 spiro atoms. The monoisotopic (exact) mass is 284 g/mol. The van der Waals surface area contributed by atoms with Crippen LogP contribution in [0.15, 0.2) is 24.3 Å². The first-order valence-corrected chi connectivity index (χ1v) is 8.41. The molecule has 0 radical (unpaired) electrons. The maximum Gasteiger partial charge on any atom is 0.241 e. The molecular formula is C18H24N2O. The van der Waals surface area contributed by atoms with Gasteiger partial charge in [-0.2, -0.15) is 0 Å². The quantitative estimate of drug-likeness (QED) is 0.833. The Kier molecular flexibility index (Phi) is 3.26. The number of rotatable bonds is 2. The summed E-state index contributed by atoms with van der Waals surface area (Å²) in [5.74, 6) is 0.299. The number of benzene rings is 1. The molecule has 1 aromatic rings. The highest BCUT2D eigenvalue weighted by Gasteiger charge is 2.46. The second kappa shape index (κ2) is 5.13. The number of para-hydroxylation sites is 1. The zero-order chi connectivity index (χ0) is 14.3. The average molecular weight is 284 g/mol. The molecule has 0 unspecified atom stereocenters. The Morgan fingerprint density at radius 2 is 1.76 bits per heavy atom. The number of fused-ring (bicyclic) bond motifs is 2. The van der Waals surface area contributed by atoms with Crippen molar-refractivity contribution in [1.82, 2.24) is 4.90 Å². The zero-order valence-electron chi connectivity index (χ0n) is 12.7. The van der Waals surface area contributed by atoms with Gasteiger partial charge in [0.1, 0.15) is 0 Å². The third-order valence-corrected chi connectivity index (χ3v) is 5.65. The Morgan fingerprint density at radius 1 is 1.05 bits per heavy atom. The van der Waals surface area contributed by atoms with Gasteiger partial charge < -0.3 is 4.90 Å². The Morgan fingerprint density at radius 3 is 2.52 bits per heavy atom. The van der Waals surface area contributed by atoms with Crippen LogP contribution in [-0.4, -0.2) is 37.0 Å². The fourth-order valence-corrected chi connectivity index (χ4v) is 4.55. The van der Waals surface area contributed by atoms with Gasteiger partial charge in [0, 0.05) is 17.6 Å². The average Bonchev–Trinajstić information content (AvgIpc) is 3.22. The molecule has 0 aromatic heterocycles. The van der Waals surface area contributed by atoms with E-state index in [1.54, 1.807) is 0 Å². The minimum absolute atomic E-state index is 0.261. The van der Waals surface area contributed by atoms with E-state index in [0.717, 1.165) is 19.6 Å². The fraction of sp³-hybridized carbons (Fsp3) is 0.611. The van der Waals surface area contributed by atoms with Gasteiger partial charge in [-0.15, -0.1) is 0 Å². The van der Waals surface area contributed by atoms with Crippen molar-refractivity contribution in [3.8, 4) is 0 Å². The second-order valence-electron chi connectivity index (χ2n) is 6.97. The van der Waals surface area contributed by atoms with Crippen LogP contribution in [0.25, 0.3) is 0 Å². The third kappa shape index (κ3) is 2.18. The molecule has 1 saturated carbocycles. The number of carbonyl (C=O) groups excluding carboxylic acids is 1. The molecule has 3 heteroatoms. The smallest absolute Gasteiger partial charge is 0.241 e. The van der Waals surface area contributed by atoms with E-state index in [9.17, 15) is 4.79 Å². The fourth-order valence-electron chi connectivity index (χ4n) is 4.55. The molecule has 1 aromatic carbocycles. The number of hydrogen-bond acceptors (Lipinski definition) is 2. The van der Waals surface area contributed by atoms with Crippen LogP contribution in [0.1, 0.15) is 44.1 Å². The summed E-state index contributed by atoms with van der Waals surface area (Å²) in [5.41, 5.74) is 2.87. The predicted molar refractivity (Wildman–Crippen MR) is 84.6 cm³/mol. The summed E-state index contributed by atoms with van der Waals surface area (Å²) in [7, 11) is 0. The lowest BCUT2D eigenvalue weighted by Gasteiger charge is -2.25. The van der Waals surface area contributed by atoms with E-state index in [0.29, 0.717) is 12.5 Å². The summed E-state index contributed by atoms with van der Waals surface area (Å²) in [6.45, 7) is 3.70. The zero-order valence-corrected chi connectivity index (χ0v) is 12.7. The molecule has 0 bridgehead atoms. The van der Waals surface area contributed by atoms with Crippen LogP contribution in [0, 0.1) is 0 Å². The van der Waals surface area contributed by atoms with E-state index in [4.69, 9.17) is 0 Å². The number of amides is 1. The van der Waals surface area contributed by atoms with Crippen LogP contribution >= 0.6 is 0 Å². The molecule has 1 saturated heterocycles. The molecule has 2 aliphatic heterocycles. The van der Waals surface area contributed by atoms with Crippen LogP contribution in [-0.2, 0) is 10.2 Å². The predicted octanol–water partition coefficient (Wildman–Crippen LogP) is 2.94. The van der Waals surface area contributed by atoms with Gasteiger partial charge in [0.15, 0.2) is 0 Å². The van der Waals surface area contributed by atoms with Crippen LogP contribution < -0.4 is 4.90 Å². The first kappa shape index (κ1) is 13.3. The van der Waals surface area contributed by atoms with Crippen LogP contribution in [0.5, 0.6) is 0 Å². The first-order valence-electron chi connectivity index (χ1n) is 8.41. The highest BCUT2D eigenvalue weighted by Crippen LogP contribution is 2.50. The van der Waals surface area contributed by atoms with Gasteiger partial charge in [-0.3, -0.25) is 9.69 Å². The van der Waals surface area contributed by atoms with Crippen molar-refractivity contribution in [1.29, 1.82) is 0 Å². The van der Waals surface area contributed by atoms with Gasteiger partial charge in [-0.1, -0.05) is 31.0 Å². The molecule has 1 amide bonds. The van der Waals surface area contributed by atoms with Crippen LogP contribution in [0.2, 0.25) is 0 Å². The number of nitrogens with zero attached hydrogens (tertiary/aromatic N) is 2. The van der Waals surface area contributed by atoms with Crippen molar-refractivity contribution in [3.05, 3.63) is 29.8 Å². The molecule has 21 heavy (non-hydrogen) atoms. The molecule has 2 fully saturated rings. The summed E-state index contributed by atoms with van der Waals surface area (Å²) < 4.78 is 0. The molecule has 0 N–H and O–H groups in total. The Hall–Kier alpha value is -1.35. The molecule has 2 heterocycles. The molecule has 0 atom stereocenters. The number of hydrogen-bond donors (Lipinski definition) is 0. The van der Waals surface area contributed by atoms with Gasteiger partial charge in [0.2, 0.25) is 5.91 Å². The van der Waals surface area contributed by atoms with E-state index in [2.05, 4.69) is 34.1 Å². The van der Waals surface area contributed by atoms with Crippen molar-refractivity contribution in [2.75, 3.05) is 31.1 Å². The van der Waals surface area contributed by atoms with Crippen molar-refractivity contribution < 1.29 is 4.79 Å². The standard InChI is InChI=1S/C18H24N2O/c21-17(13-19-11-5-6-12-19)20-14-18(9-3-4-10-18)15-7-1-2-8-16(15)20/h1-2,7-8H,3-6,9-14H2. The van der Waals surface area contributed by atoms with Crippen molar-refractivity contribution in [3.63, 3.8) is 0 Å². The summed E-state index contributed by atoms with van der Waals surface area (Å²) in [6.07, 6.45) is 7.60. The topological polar surface area (TPSA) is 23.6 Å². The number of likely N-dealkylation sites (tertiary alicyclic amines) is 1. The van der Waals surface area contributed by atoms with E-state index >= 15 is 0 Å². The Labute approximate surface area is 126 Å². The first-order chi connectivity index (χ1) is 10.3. The lowest BCUT2D eigenvalue weighted by Crippen LogP contribution is -2.41. The van der Waals surface area contributed by atoms with Crippen molar-refractivity contribution in [2.24, 2.45) is 0 Å². The highest BCUT2D eigenvalue weighted by molar-refractivity contribution is 5.97. The summed E-state index contributed by atoms with van der Waals surface area (Å²) in [4.78, 5) is 17.2. The molecule has 1 aliphatic carbocycles. The van der Waals surface area contributed by atoms with Gasteiger partial charge in [0.05, 0.1) is 6.54 Å². The summed E-state index contributed by atoms with van der Waals surface area (Å²) in [5, 5.41) is 0. The number of anilines is 1. The van der Waals surface area contributed by atoms with E-state index in [-0.39, 0.29) is 5.41 Å². The van der Waals surface area contributed by atoms with Crippen molar-refractivity contribution >= 4 is 11.6 Å². The van der Waals surface area contributed by atoms with Crippen molar-refractivity contribution in [2.45, 2.75) is 43.9 Å². The molecular weight excluding hydrogens is 260 g/mol. The molecule has 3 aliphatic rings. The van der Waals surface area contributed by atoms with Gasteiger partial charge >= 0.3 is 0 Å². The SMILES string of the molecule is O=C(CN1CCCC1)N1CC2(CCCC2)c2ccccc21. The van der Waals surface area contributed by atoms with Crippen LogP contribution in [0.4, 0.5) is 5.69 Å². The Bertz CT molecular complexity index is 542. The van der Waals surface area contributed by atoms with E-state index < -0.39 is 0 Å². The second-order valence-corrected chi connectivity index (χ2v) is 6.97. The van der Waals surface area contributed by atoms with Gasteiger partial charge in [0.25, 0.3) is 0 Å². The lowest BCUT2D eigenvalue weighted by atomic mass is 9.81. The van der Waals surface area contributed by atoms with Gasteiger partial charge in [-0.05, 0) is 50.4 Å². The van der Waals surface area contributed by atoms with E-state index in [1.807, 2.05) is 0 Å². The number of carbonyl (C=O) groups is 1. The van der Waals surface area contributed by atoms with Gasteiger partial charge in [-0.25, -0.2) is 0 Å². The minimum atomic E-state index is 0.261. The summed E-state index contributed by atoms with van der Waals surface area (Å²) in [6, 6.07) is 8.60. The maximum absolute atomic E-state index is 12.8. The largest absolute Gasteiger partial charge is 0.310 e. The summed E-state index contributed by atoms with van der Waals surface area (Å²) >= 11 is 0. The highest BCUT2D eigenvalue weighted by atomic mass is 16.2. The third-order valence-electron chi connectivity index (χ3n) is 5.65. The molecule has 112 valence electrons. The maximum atomic E-state index is 12.8.